The maximum atomic E-state index is 6.25. The van der Waals surface area contributed by atoms with Crippen LogP contribution in [0.15, 0.2) is 12.1 Å². The van der Waals surface area contributed by atoms with Gasteiger partial charge in [-0.3, -0.25) is 0 Å². The molecular formula is C14H19ClN2O. The number of aromatic nitrogens is 1. The number of aryl methyl sites for hydroxylation is 1. The van der Waals surface area contributed by atoms with Crippen LogP contribution in [-0.4, -0.2) is 24.2 Å². The SMILES string of the molecule is Cc1nc(Cl)ccc1OC(C1CC1)[C@H]1CCNC1. The minimum atomic E-state index is 0.349. The molecule has 1 aliphatic carbocycles. The standard InChI is InChI=1S/C14H19ClN2O/c1-9-12(4-5-13(15)17-9)18-14(10-2-3-10)11-6-7-16-8-11/h4-5,10-11,14,16H,2-3,6-8H2,1H3/t11-,14?/m0/s1. The third-order valence-electron chi connectivity index (χ3n) is 3.92. The van der Waals surface area contributed by atoms with E-state index in [0.717, 1.165) is 30.5 Å². The molecule has 1 aromatic rings. The Labute approximate surface area is 113 Å². The minimum Gasteiger partial charge on any atom is -0.488 e. The van der Waals surface area contributed by atoms with E-state index in [0.29, 0.717) is 17.2 Å². The fraction of sp³-hybridized carbons (Fsp3) is 0.643. The zero-order valence-corrected chi connectivity index (χ0v) is 11.4. The van der Waals surface area contributed by atoms with Crippen LogP contribution in [0.2, 0.25) is 5.15 Å². The summed E-state index contributed by atoms with van der Waals surface area (Å²) in [4.78, 5) is 4.26. The smallest absolute Gasteiger partial charge is 0.141 e. The molecule has 3 rings (SSSR count). The van der Waals surface area contributed by atoms with Crippen molar-refractivity contribution in [2.75, 3.05) is 13.1 Å². The zero-order valence-electron chi connectivity index (χ0n) is 10.7. The number of hydrogen-bond donors (Lipinski definition) is 1. The lowest BCUT2D eigenvalue weighted by molar-refractivity contribution is 0.119. The first-order valence-corrected chi connectivity index (χ1v) is 7.12. The van der Waals surface area contributed by atoms with E-state index >= 15 is 0 Å². The highest BCUT2D eigenvalue weighted by atomic mass is 35.5. The van der Waals surface area contributed by atoms with Crippen molar-refractivity contribution in [1.29, 1.82) is 0 Å². The molecule has 2 aliphatic rings. The summed E-state index contributed by atoms with van der Waals surface area (Å²) in [7, 11) is 0. The predicted molar refractivity (Wildman–Crippen MR) is 72.1 cm³/mol. The first-order valence-electron chi connectivity index (χ1n) is 6.74. The summed E-state index contributed by atoms with van der Waals surface area (Å²) in [6, 6.07) is 3.75. The van der Waals surface area contributed by atoms with Crippen molar-refractivity contribution in [3.8, 4) is 5.75 Å². The van der Waals surface area contributed by atoms with Crippen LogP contribution >= 0.6 is 11.6 Å². The average molecular weight is 267 g/mol. The molecule has 2 heterocycles. The van der Waals surface area contributed by atoms with Crippen molar-refractivity contribution < 1.29 is 4.74 Å². The van der Waals surface area contributed by atoms with Crippen LogP contribution in [0.25, 0.3) is 0 Å². The molecule has 1 N–H and O–H groups in total. The number of nitrogens with one attached hydrogen (secondary N) is 1. The number of pyridine rings is 1. The second-order valence-corrected chi connectivity index (χ2v) is 5.78. The number of nitrogens with zero attached hydrogens (tertiary/aromatic N) is 1. The van der Waals surface area contributed by atoms with Crippen LogP contribution in [0.5, 0.6) is 5.75 Å². The van der Waals surface area contributed by atoms with E-state index in [9.17, 15) is 0 Å². The fourth-order valence-corrected chi connectivity index (χ4v) is 2.94. The number of ether oxygens (including phenoxy) is 1. The lowest BCUT2D eigenvalue weighted by Gasteiger charge is -2.25. The quantitative estimate of drug-likeness (QED) is 0.851. The topological polar surface area (TPSA) is 34.1 Å². The second kappa shape index (κ2) is 5.06. The Balaban J connectivity index is 1.75. The van der Waals surface area contributed by atoms with Gasteiger partial charge in [0.2, 0.25) is 0 Å². The van der Waals surface area contributed by atoms with Gasteiger partial charge in [-0.1, -0.05) is 11.6 Å². The van der Waals surface area contributed by atoms with Crippen molar-refractivity contribution in [3.63, 3.8) is 0 Å². The van der Waals surface area contributed by atoms with Crippen LogP contribution in [0.3, 0.4) is 0 Å². The third-order valence-corrected chi connectivity index (χ3v) is 4.13. The molecule has 0 aromatic carbocycles. The van der Waals surface area contributed by atoms with E-state index in [1.165, 1.54) is 19.3 Å². The maximum absolute atomic E-state index is 6.25. The van der Waals surface area contributed by atoms with Crippen LogP contribution in [0, 0.1) is 18.8 Å². The van der Waals surface area contributed by atoms with E-state index in [2.05, 4.69) is 10.3 Å². The minimum absolute atomic E-state index is 0.349. The lowest BCUT2D eigenvalue weighted by Crippen LogP contribution is -2.31. The Bertz CT molecular complexity index is 428. The summed E-state index contributed by atoms with van der Waals surface area (Å²) >= 11 is 5.88. The van der Waals surface area contributed by atoms with Gasteiger partial charge in [-0.25, -0.2) is 4.98 Å². The maximum Gasteiger partial charge on any atom is 0.141 e. The second-order valence-electron chi connectivity index (χ2n) is 5.39. The van der Waals surface area contributed by atoms with Crippen molar-refractivity contribution >= 4 is 11.6 Å². The molecule has 0 radical (unpaired) electrons. The highest BCUT2D eigenvalue weighted by Gasteiger charge is 2.39. The summed E-state index contributed by atoms with van der Waals surface area (Å²) in [5, 5.41) is 3.96. The summed E-state index contributed by atoms with van der Waals surface area (Å²) in [5.74, 6) is 2.28. The largest absolute Gasteiger partial charge is 0.488 e. The van der Waals surface area contributed by atoms with Crippen molar-refractivity contribution in [1.82, 2.24) is 10.3 Å². The van der Waals surface area contributed by atoms with Crippen LogP contribution in [0.4, 0.5) is 0 Å². The molecule has 0 amide bonds. The van der Waals surface area contributed by atoms with Crippen molar-refractivity contribution in [2.24, 2.45) is 11.8 Å². The van der Waals surface area contributed by atoms with Gasteiger partial charge in [-0.05, 0) is 50.8 Å². The molecule has 1 aromatic heterocycles. The molecule has 2 atom stereocenters. The average Bonchev–Trinajstić information content (AvgIpc) is 3.03. The van der Waals surface area contributed by atoms with Gasteiger partial charge in [-0.2, -0.15) is 0 Å². The predicted octanol–water partition coefficient (Wildman–Crippen LogP) is 2.81. The highest BCUT2D eigenvalue weighted by Crippen LogP contribution is 2.40. The highest BCUT2D eigenvalue weighted by molar-refractivity contribution is 6.29. The van der Waals surface area contributed by atoms with Gasteiger partial charge in [0.15, 0.2) is 0 Å². The molecule has 0 bridgehead atoms. The summed E-state index contributed by atoms with van der Waals surface area (Å²) in [6.07, 6.45) is 4.19. The van der Waals surface area contributed by atoms with Gasteiger partial charge in [0.05, 0.1) is 5.69 Å². The molecule has 4 heteroatoms. The Morgan fingerprint density at radius 2 is 2.17 bits per heavy atom. The van der Waals surface area contributed by atoms with E-state index < -0.39 is 0 Å². The summed E-state index contributed by atoms with van der Waals surface area (Å²) in [5.41, 5.74) is 0.888. The summed E-state index contributed by atoms with van der Waals surface area (Å²) in [6.45, 7) is 4.16. The van der Waals surface area contributed by atoms with Gasteiger partial charge in [0.1, 0.15) is 17.0 Å². The van der Waals surface area contributed by atoms with Crippen LogP contribution in [-0.2, 0) is 0 Å². The van der Waals surface area contributed by atoms with Crippen LogP contribution < -0.4 is 10.1 Å². The van der Waals surface area contributed by atoms with Gasteiger partial charge < -0.3 is 10.1 Å². The Hall–Kier alpha value is -0.800. The van der Waals surface area contributed by atoms with E-state index in [1.54, 1.807) is 6.07 Å². The first-order chi connectivity index (χ1) is 8.74. The monoisotopic (exact) mass is 266 g/mol. The van der Waals surface area contributed by atoms with E-state index in [4.69, 9.17) is 16.3 Å². The van der Waals surface area contributed by atoms with E-state index in [-0.39, 0.29) is 0 Å². The molecule has 1 unspecified atom stereocenters. The van der Waals surface area contributed by atoms with Gasteiger partial charge in [0, 0.05) is 12.5 Å². The molecule has 98 valence electrons. The molecule has 18 heavy (non-hydrogen) atoms. The number of halogens is 1. The molecule has 1 saturated heterocycles. The molecule has 0 spiro atoms. The normalized spacial score (nSPS) is 25.1. The molecule has 3 nitrogen and oxygen atoms in total. The first kappa shape index (κ1) is 12.2. The Morgan fingerprint density at radius 1 is 1.33 bits per heavy atom. The Morgan fingerprint density at radius 3 is 2.78 bits per heavy atom. The van der Waals surface area contributed by atoms with E-state index in [1.807, 2.05) is 13.0 Å². The summed E-state index contributed by atoms with van der Waals surface area (Å²) < 4.78 is 6.25. The van der Waals surface area contributed by atoms with Gasteiger partial charge in [-0.15, -0.1) is 0 Å². The van der Waals surface area contributed by atoms with Crippen molar-refractivity contribution in [2.45, 2.75) is 32.3 Å². The Kier molecular flexibility index (Phi) is 3.44. The van der Waals surface area contributed by atoms with Crippen LogP contribution in [0.1, 0.15) is 25.0 Å². The zero-order chi connectivity index (χ0) is 12.5. The molecule has 2 fully saturated rings. The molecular weight excluding hydrogens is 248 g/mol. The number of hydrogen-bond acceptors (Lipinski definition) is 3. The van der Waals surface area contributed by atoms with Gasteiger partial charge >= 0.3 is 0 Å². The fourth-order valence-electron chi connectivity index (χ4n) is 2.75. The number of rotatable bonds is 4. The van der Waals surface area contributed by atoms with Crippen molar-refractivity contribution in [3.05, 3.63) is 23.0 Å². The lowest BCUT2D eigenvalue weighted by atomic mass is 9.97. The molecule has 1 saturated carbocycles. The van der Waals surface area contributed by atoms with Gasteiger partial charge in [0.25, 0.3) is 0 Å². The third kappa shape index (κ3) is 2.62. The molecule has 1 aliphatic heterocycles.